The van der Waals surface area contributed by atoms with Gasteiger partial charge in [-0.05, 0) is 17.7 Å². The van der Waals surface area contributed by atoms with Crippen LogP contribution >= 0.6 is 23.4 Å². The Balaban J connectivity index is 2.23. The maximum atomic E-state index is 11.0. The van der Waals surface area contributed by atoms with Crippen LogP contribution < -0.4 is 0 Å². The number of nitro benzene ring substituents is 1. The number of rotatable bonds is 5. The van der Waals surface area contributed by atoms with Crippen molar-refractivity contribution in [2.75, 3.05) is 0 Å². The van der Waals surface area contributed by atoms with E-state index in [9.17, 15) is 14.9 Å². The highest BCUT2D eigenvalue weighted by Crippen LogP contribution is 2.33. The average Bonchev–Trinajstić information content (AvgIpc) is 2.46. The molecule has 4 nitrogen and oxygen atoms in total. The van der Waals surface area contributed by atoms with Gasteiger partial charge in [-0.3, -0.25) is 14.9 Å². The molecular formula is C14H10ClNO3S. The predicted octanol–water partition coefficient (Wildman–Crippen LogP) is 4.35. The Kier molecular flexibility index (Phi) is 4.76. The summed E-state index contributed by atoms with van der Waals surface area (Å²) < 4.78 is 0. The zero-order valence-corrected chi connectivity index (χ0v) is 11.9. The second kappa shape index (κ2) is 6.54. The number of hydrogen-bond donors (Lipinski definition) is 0. The molecule has 0 spiro atoms. The molecule has 0 amide bonds. The van der Waals surface area contributed by atoms with E-state index < -0.39 is 4.92 Å². The molecule has 0 heterocycles. The number of hydrogen-bond acceptors (Lipinski definition) is 4. The summed E-state index contributed by atoms with van der Waals surface area (Å²) in [6.45, 7) is 0. The van der Waals surface area contributed by atoms with E-state index in [1.807, 2.05) is 18.2 Å². The summed E-state index contributed by atoms with van der Waals surface area (Å²) >= 11 is 7.37. The van der Waals surface area contributed by atoms with Crippen molar-refractivity contribution >= 4 is 35.3 Å². The van der Waals surface area contributed by atoms with Crippen LogP contribution in [-0.2, 0) is 5.75 Å². The van der Waals surface area contributed by atoms with E-state index in [4.69, 9.17) is 11.6 Å². The maximum Gasteiger partial charge on any atom is 0.283 e. The largest absolute Gasteiger partial charge is 0.298 e. The van der Waals surface area contributed by atoms with Gasteiger partial charge in [-0.25, -0.2) is 0 Å². The predicted molar refractivity (Wildman–Crippen MR) is 79.5 cm³/mol. The molecule has 0 saturated heterocycles. The van der Waals surface area contributed by atoms with Gasteiger partial charge >= 0.3 is 0 Å². The van der Waals surface area contributed by atoms with Gasteiger partial charge in [0.05, 0.1) is 9.82 Å². The zero-order valence-electron chi connectivity index (χ0n) is 10.3. The number of carbonyl (C=O) groups excluding carboxylic acids is 1. The van der Waals surface area contributed by atoms with Gasteiger partial charge in [0.15, 0.2) is 0 Å². The molecule has 0 radical (unpaired) electrons. The van der Waals surface area contributed by atoms with Crippen molar-refractivity contribution in [3.63, 3.8) is 0 Å². The quantitative estimate of drug-likeness (QED) is 0.356. The van der Waals surface area contributed by atoms with Crippen LogP contribution in [0.25, 0.3) is 0 Å². The highest BCUT2D eigenvalue weighted by molar-refractivity contribution is 7.98. The molecule has 0 aromatic heterocycles. The van der Waals surface area contributed by atoms with E-state index in [1.54, 1.807) is 18.2 Å². The number of halogens is 1. The molecule has 0 aliphatic heterocycles. The summed E-state index contributed by atoms with van der Waals surface area (Å²) in [6.07, 6.45) is 0.593. The molecule has 0 atom stereocenters. The molecule has 0 bridgehead atoms. The Bertz CT molecular complexity index is 661. The molecule has 102 valence electrons. The number of carbonyl (C=O) groups is 1. The molecule has 6 heteroatoms. The van der Waals surface area contributed by atoms with Crippen LogP contribution in [0.15, 0.2) is 47.4 Å². The smallest absolute Gasteiger partial charge is 0.283 e. The van der Waals surface area contributed by atoms with Gasteiger partial charge in [0.1, 0.15) is 6.29 Å². The molecule has 0 fully saturated rings. The van der Waals surface area contributed by atoms with Crippen molar-refractivity contribution in [2.45, 2.75) is 10.6 Å². The lowest BCUT2D eigenvalue weighted by molar-refractivity contribution is -0.387. The fourth-order valence-corrected chi connectivity index (χ4v) is 2.93. The minimum absolute atomic E-state index is 0.0633. The number of nitro groups is 1. The van der Waals surface area contributed by atoms with Crippen molar-refractivity contribution in [3.05, 3.63) is 68.7 Å². The van der Waals surface area contributed by atoms with Crippen molar-refractivity contribution in [1.29, 1.82) is 0 Å². The van der Waals surface area contributed by atoms with Crippen LogP contribution in [-0.4, -0.2) is 11.2 Å². The van der Waals surface area contributed by atoms with Gasteiger partial charge in [0.25, 0.3) is 5.69 Å². The van der Waals surface area contributed by atoms with Gasteiger partial charge in [0, 0.05) is 22.4 Å². The SMILES string of the molecule is O=Cc1ccc(SCc2ccccc2Cl)c([N+](=O)[O-])c1. The first-order valence-corrected chi connectivity index (χ1v) is 7.08. The maximum absolute atomic E-state index is 11.0. The minimum atomic E-state index is -0.484. The minimum Gasteiger partial charge on any atom is -0.298 e. The van der Waals surface area contributed by atoms with Gasteiger partial charge in [0.2, 0.25) is 0 Å². The normalized spacial score (nSPS) is 10.2. The van der Waals surface area contributed by atoms with Crippen LogP contribution in [0.1, 0.15) is 15.9 Å². The Hall–Kier alpha value is -1.85. The Morgan fingerprint density at radius 3 is 2.65 bits per heavy atom. The average molecular weight is 308 g/mol. The highest BCUT2D eigenvalue weighted by Gasteiger charge is 2.15. The lowest BCUT2D eigenvalue weighted by Gasteiger charge is -2.05. The van der Waals surface area contributed by atoms with Crippen LogP contribution in [0, 0.1) is 10.1 Å². The fraction of sp³-hybridized carbons (Fsp3) is 0.0714. The number of thioether (sulfide) groups is 1. The lowest BCUT2D eigenvalue weighted by Crippen LogP contribution is -1.93. The van der Waals surface area contributed by atoms with Crippen LogP contribution in [0.5, 0.6) is 0 Å². The first-order chi connectivity index (χ1) is 9.61. The Morgan fingerprint density at radius 2 is 2.00 bits per heavy atom. The molecule has 0 N–H and O–H groups in total. The van der Waals surface area contributed by atoms with Crippen molar-refractivity contribution < 1.29 is 9.72 Å². The Morgan fingerprint density at radius 1 is 1.25 bits per heavy atom. The van der Waals surface area contributed by atoms with Gasteiger partial charge < -0.3 is 0 Å². The third kappa shape index (κ3) is 3.37. The summed E-state index contributed by atoms with van der Waals surface area (Å²) in [5.74, 6) is 0.529. The van der Waals surface area contributed by atoms with Gasteiger partial charge in [-0.2, -0.15) is 0 Å². The standard InChI is InChI=1S/C14H10ClNO3S/c15-12-4-2-1-3-11(12)9-20-14-6-5-10(8-17)7-13(14)16(18)19/h1-8H,9H2. The topological polar surface area (TPSA) is 60.2 Å². The Labute approximate surface area is 124 Å². The number of benzene rings is 2. The fourth-order valence-electron chi connectivity index (χ4n) is 1.64. The van der Waals surface area contributed by atoms with Crippen molar-refractivity contribution in [2.24, 2.45) is 0 Å². The molecule has 0 saturated carbocycles. The first-order valence-electron chi connectivity index (χ1n) is 5.71. The first kappa shape index (κ1) is 14.6. The molecular weight excluding hydrogens is 298 g/mol. The molecule has 2 rings (SSSR count). The van der Waals surface area contributed by atoms with Gasteiger partial charge in [-0.1, -0.05) is 35.9 Å². The monoisotopic (exact) mass is 307 g/mol. The molecule has 0 unspecified atom stereocenters. The number of nitrogens with zero attached hydrogens (tertiary/aromatic N) is 1. The summed E-state index contributed by atoms with van der Waals surface area (Å²) in [5.41, 5.74) is 1.14. The second-order valence-electron chi connectivity index (χ2n) is 3.98. The van der Waals surface area contributed by atoms with E-state index in [0.717, 1.165) is 5.56 Å². The molecule has 2 aromatic carbocycles. The summed E-state index contributed by atoms with van der Waals surface area (Å²) in [7, 11) is 0. The molecule has 2 aromatic rings. The summed E-state index contributed by atoms with van der Waals surface area (Å²) in [5, 5.41) is 11.7. The van der Waals surface area contributed by atoms with E-state index in [-0.39, 0.29) is 5.69 Å². The van der Waals surface area contributed by atoms with Crippen LogP contribution in [0.3, 0.4) is 0 Å². The van der Waals surface area contributed by atoms with E-state index in [0.29, 0.717) is 27.5 Å². The third-order valence-corrected chi connectivity index (χ3v) is 4.14. The lowest BCUT2D eigenvalue weighted by atomic mass is 10.2. The second-order valence-corrected chi connectivity index (χ2v) is 5.41. The zero-order chi connectivity index (χ0) is 14.5. The third-order valence-electron chi connectivity index (χ3n) is 2.66. The highest BCUT2D eigenvalue weighted by atomic mass is 35.5. The molecule has 20 heavy (non-hydrogen) atoms. The molecule has 0 aliphatic carbocycles. The van der Waals surface area contributed by atoms with Gasteiger partial charge in [-0.15, -0.1) is 11.8 Å². The summed E-state index contributed by atoms with van der Waals surface area (Å²) in [6, 6.07) is 11.8. The van der Waals surface area contributed by atoms with E-state index >= 15 is 0 Å². The van der Waals surface area contributed by atoms with Crippen molar-refractivity contribution in [3.8, 4) is 0 Å². The number of aldehydes is 1. The summed E-state index contributed by atoms with van der Waals surface area (Å²) in [4.78, 5) is 21.7. The van der Waals surface area contributed by atoms with Crippen molar-refractivity contribution in [1.82, 2.24) is 0 Å². The van der Waals surface area contributed by atoms with Crippen LogP contribution in [0.4, 0.5) is 5.69 Å². The van der Waals surface area contributed by atoms with Crippen LogP contribution in [0.2, 0.25) is 5.02 Å². The van der Waals surface area contributed by atoms with E-state index in [2.05, 4.69) is 0 Å². The van der Waals surface area contributed by atoms with E-state index in [1.165, 1.54) is 17.8 Å². The molecule has 0 aliphatic rings.